The van der Waals surface area contributed by atoms with Crippen LogP contribution >= 0.6 is 11.6 Å². The van der Waals surface area contributed by atoms with Crippen LogP contribution in [0.4, 0.5) is 0 Å². The van der Waals surface area contributed by atoms with Gasteiger partial charge in [0.05, 0.1) is 13.1 Å². The zero-order chi connectivity index (χ0) is 22.8. The third kappa shape index (κ3) is 4.64. The van der Waals surface area contributed by atoms with Crippen molar-refractivity contribution in [2.45, 2.75) is 32.7 Å². The minimum Gasteiger partial charge on any atom is -0.462 e. The Morgan fingerprint density at radius 1 is 1.06 bits per heavy atom. The van der Waals surface area contributed by atoms with Gasteiger partial charge < -0.3 is 14.1 Å². The summed E-state index contributed by atoms with van der Waals surface area (Å²) >= 11 is 6.23. The van der Waals surface area contributed by atoms with Gasteiger partial charge >= 0.3 is 0 Å². The van der Waals surface area contributed by atoms with Gasteiger partial charge in [-0.2, -0.15) is 0 Å². The Hall–Kier alpha value is -3.19. The van der Waals surface area contributed by atoms with Crippen LogP contribution in [0.2, 0.25) is 5.02 Å². The summed E-state index contributed by atoms with van der Waals surface area (Å²) in [7, 11) is 0. The van der Waals surface area contributed by atoms with E-state index in [0.29, 0.717) is 36.0 Å². The second-order valence-electron chi connectivity index (χ2n) is 8.28. The number of fused-ring (bicyclic) bond motifs is 1. The van der Waals surface area contributed by atoms with E-state index in [9.17, 15) is 9.90 Å². The van der Waals surface area contributed by atoms with Crippen LogP contribution in [-0.4, -0.2) is 26.1 Å². The fourth-order valence-electron chi connectivity index (χ4n) is 4.43. The van der Waals surface area contributed by atoms with Crippen molar-refractivity contribution in [2.24, 2.45) is 0 Å². The third-order valence-electron chi connectivity index (χ3n) is 6.00. The van der Waals surface area contributed by atoms with Crippen molar-refractivity contribution in [3.63, 3.8) is 0 Å². The van der Waals surface area contributed by atoms with Crippen molar-refractivity contribution in [1.29, 1.82) is 0 Å². The summed E-state index contributed by atoms with van der Waals surface area (Å²) in [5.74, 6) is 1.39. The van der Waals surface area contributed by atoms with E-state index in [-0.39, 0.29) is 12.2 Å². The summed E-state index contributed by atoms with van der Waals surface area (Å²) in [6, 6.07) is 17.0. The molecule has 0 atom stereocenters. The summed E-state index contributed by atoms with van der Waals surface area (Å²) in [5.41, 5.74) is 4.59. The lowest BCUT2D eigenvalue weighted by Crippen LogP contribution is -2.36. The molecule has 168 valence electrons. The Labute approximate surface area is 196 Å². The Bertz CT molecular complexity index is 1330. The van der Waals surface area contributed by atoms with Gasteiger partial charge in [-0.3, -0.25) is 14.7 Å². The topological polar surface area (TPSA) is 71.5 Å². The van der Waals surface area contributed by atoms with Gasteiger partial charge in [-0.25, -0.2) is 0 Å². The summed E-state index contributed by atoms with van der Waals surface area (Å²) in [6.07, 6.45) is 4.29. The molecule has 3 aromatic heterocycles. The number of rotatable bonds is 6. The van der Waals surface area contributed by atoms with E-state index in [1.165, 1.54) is 0 Å². The van der Waals surface area contributed by atoms with Gasteiger partial charge in [-0.15, -0.1) is 0 Å². The summed E-state index contributed by atoms with van der Waals surface area (Å²) in [4.78, 5) is 20.1. The largest absolute Gasteiger partial charge is 0.462 e. The number of aromatic nitrogens is 2. The van der Waals surface area contributed by atoms with Crippen LogP contribution in [0, 0.1) is 0 Å². The molecule has 0 unspecified atom stereocenters. The standard InChI is InChI=1S/C26H24ClN3O3/c27-21-5-1-4-19(11-21)24-12-20-15-29(16-22-6-7-23(17-31)33-22)10-8-25(20)30(26(24)32)14-18-3-2-9-28-13-18/h1-7,9,11-13,31H,8,10,14-17H2. The molecule has 0 spiro atoms. The van der Waals surface area contributed by atoms with Crippen LogP contribution < -0.4 is 5.56 Å². The minimum absolute atomic E-state index is 0.0214. The maximum atomic E-state index is 13.6. The highest BCUT2D eigenvalue weighted by Gasteiger charge is 2.23. The molecule has 1 aliphatic heterocycles. The van der Waals surface area contributed by atoms with Crippen LogP contribution in [0.15, 0.2) is 76.2 Å². The maximum absolute atomic E-state index is 13.6. The van der Waals surface area contributed by atoms with Gasteiger partial charge in [0.25, 0.3) is 5.56 Å². The molecule has 1 N–H and O–H groups in total. The molecule has 4 aromatic rings. The summed E-state index contributed by atoms with van der Waals surface area (Å²) < 4.78 is 7.57. The normalized spacial score (nSPS) is 13.8. The first kappa shape index (κ1) is 21.6. The first-order chi connectivity index (χ1) is 16.1. The van der Waals surface area contributed by atoms with E-state index in [4.69, 9.17) is 16.0 Å². The van der Waals surface area contributed by atoms with E-state index < -0.39 is 0 Å². The van der Waals surface area contributed by atoms with Gasteiger partial charge in [-0.1, -0.05) is 29.8 Å². The van der Waals surface area contributed by atoms with Crippen LogP contribution in [0.25, 0.3) is 11.1 Å². The highest BCUT2D eigenvalue weighted by atomic mass is 35.5. The number of hydrogen-bond acceptors (Lipinski definition) is 5. The molecule has 6 nitrogen and oxygen atoms in total. The zero-order valence-corrected chi connectivity index (χ0v) is 18.8. The van der Waals surface area contributed by atoms with Gasteiger partial charge in [-0.05, 0) is 53.1 Å². The van der Waals surface area contributed by atoms with Crippen molar-refractivity contribution in [1.82, 2.24) is 14.5 Å². The zero-order valence-electron chi connectivity index (χ0n) is 18.1. The van der Waals surface area contributed by atoms with Crippen molar-refractivity contribution in [2.75, 3.05) is 6.54 Å². The summed E-state index contributed by atoms with van der Waals surface area (Å²) in [6.45, 7) is 2.53. The van der Waals surface area contributed by atoms with Crippen molar-refractivity contribution in [3.05, 3.63) is 111 Å². The number of pyridine rings is 2. The number of hydrogen-bond donors (Lipinski definition) is 1. The molecule has 4 heterocycles. The molecular formula is C26H24ClN3O3. The van der Waals surface area contributed by atoms with Crippen LogP contribution in [0.1, 0.15) is 28.3 Å². The summed E-state index contributed by atoms with van der Waals surface area (Å²) in [5, 5.41) is 9.87. The van der Waals surface area contributed by atoms with Gasteiger partial charge in [0.2, 0.25) is 0 Å². The van der Waals surface area contributed by atoms with Crippen LogP contribution in [-0.2, 0) is 32.7 Å². The molecule has 0 fully saturated rings. The van der Waals surface area contributed by atoms with Crippen LogP contribution in [0.5, 0.6) is 0 Å². The van der Waals surface area contributed by atoms with Gasteiger partial charge in [0.15, 0.2) is 0 Å². The molecule has 33 heavy (non-hydrogen) atoms. The molecule has 0 bridgehead atoms. The maximum Gasteiger partial charge on any atom is 0.258 e. The Morgan fingerprint density at radius 3 is 2.70 bits per heavy atom. The van der Waals surface area contributed by atoms with Crippen molar-refractivity contribution in [3.8, 4) is 11.1 Å². The highest BCUT2D eigenvalue weighted by molar-refractivity contribution is 6.30. The molecule has 0 amide bonds. The molecule has 1 aliphatic rings. The number of nitrogens with zero attached hydrogens (tertiary/aromatic N) is 3. The molecule has 5 rings (SSSR count). The SMILES string of the molecule is O=c1c(-c2cccc(Cl)c2)cc2c(n1Cc1cccnc1)CCN(Cc1ccc(CO)o1)C2. The average Bonchev–Trinajstić information content (AvgIpc) is 3.29. The first-order valence-corrected chi connectivity index (χ1v) is 11.3. The van der Waals surface area contributed by atoms with E-state index >= 15 is 0 Å². The fraction of sp³-hybridized carbons (Fsp3) is 0.231. The van der Waals surface area contributed by atoms with E-state index in [0.717, 1.165) is 41.1 Å². The Morgan fingerprint density at radius 2 is 1.94 bits per heavy atom. The monoisotopic (exact) mass is 461 g/mol. The number of benzene rings is 1. The molecule has 0 saturated heterocycles. The molecule has 7 heteroatoms. The molecule has 1 aromatic carbocycles. The Balaban J connectivity index is 1.54. The smallest absolute Gasteiger partial charge is 0.258 e. The van der Waals surface area contributed by atoms with E-state index in [1.54, 1.807) is 18.5 Å². The van der Waals surface area contributed by atoms with Crippen molar-refractivity contribution >= 4 is 11.6 Å². The van der Waals surface area contributed by atoms with E-state index in [1.807, 2.05) is 53.1 Å². The lowest BCUT2D eigenvalue weighted by atomic mass is 9.98. The number of aliphatic hydroxyl groups is 1. The Kier molecular flexibility index (Phi) is 6.13. The first-order valence-electron chi connectivity index (χ1n) is 10.9. The molecule has 0 saturated carbocycles. The van der Waals surface area contributed by atoms with Gasteiger partial charge in [0.1, 0.15) is 18.1 Å². The molecule has 0 radical (unpaired) electrons. The highest BCUT2D eigenvalue weighted by Crippen LogP contribution is 2.27. The fourth-order valence-corrected chi connectivity index (χ4v) is 4.62. The third-order valence-corrected chi connectivity index (χ3v) is 6.24. The van der Waals surface area contributed by atoms with Gasteiger partial charge in [0, 0.05) is 48.2 Å². The predicted octanol–water partition coefficient (Wildman–Crippen LogP) is 4.26. The number of aliphatic hydroxyl groups excluding tert-OH is 1. The van der Waals surface area contributed by atoms with E-state index in [2.05, 4.69) is 9.88 Å². The molecule has 0 aliphatic carbocycles. The predicted molar refractivity (Wildman–Crippen MR) is 127 cm³/mol. The minimum atomic E-state index is -0.105. The molecular weight excluding hydrogens is 438 g/mol. The lowest BCUT2D eigenvalue weighted by Gasteiger charge is -2.30. The average molecular weight is 462 g/mol. The number of furan rings is 1. The van der Waals surface area contributed by atoms with Crippen molar-refractivity contribution < 1.29 is 9.52 Å². The second-order valence-corrected chi connectivity index (χ2v) is 8.72. The quantitative estimate of drug-likeness (QED) is 0.464. The number of halogens is 1. The lowest BCUT2D eigenvalue weighted by molar-refractivity contribution is 0.206. The van der Waals surface area contributed by atoms with Crippen LogP contribution in [0.3, 0.4) is 0 Å². The second kappa shape index (κ2) is 9.35.